The molecule has 0 spiro atoms. The molecule has 3 rings (SSSR count). The van der Waals surface area contributed by atoms with E-state index in [9.17, 15) is 26.4 Å². The first-order valence-electron chi connectivity index (χ1n) is 9.60. The molecule has 1 N–H and O–H groups in total. The quantitative estimate of drug-likeness (QED) is 0.551. The molecule has 0 aliphatic heterocycles. The third kappa shape index (κ3) is 5.47. The summed E-state index contributed by atoms with van der Waals surface area (Å²) in [5, 5.41) is 2.36. The van der Waals surface area contributed by atoms with E-state index in [1.165, 1.54) is 24.3 Å². The van der Waals surface area contributed by atoms with Crippen molar-refractivity contribution in [3.63, 3.8) is 0 Å². The van der Waals surface area contributed by atoms with Gasteiger partial charge in [-0.1, -0.05) is 30.3 Å². The van der Waals surface area contributed by atoms with Crippen LogP contribution in [0.3, 0.4) is 0 Å². The van der Waals surface area contributed by atoms with Gasteiger partial charge in [-0.2, -0.15) is 13.2 Å². The second-order valence-corrected chi connectivity index (χ2v) is 9.16. The van der Waals surface area contributed by atoms with Gasteiger partial charge in [-0.25, -0.2) is 8.42 Å². The summed E-state index contributed by atoms with van der Waals surface area (Å²) in [6.07, 6.45) is -4.57. The molecule has 1 amide bonds. The normalized spacial score (nSPS) is 11.8. The fourth-order valence-corrected chi connectivity index (χ4v) is 4.66. The minimum Gasteiger partial charge on any atom is -0.325 e. The molecule has 5 nitrogen and oxygen atoms in total. The summed E-state index contributed by atoms with van der Waals surface area (Å²) >= 11 is 0. The van der Waals surface area contributed by atoms with Gasteiger partial charge in [-0.15, -0.1) is 0 Å². The maximum absolute atomic E-state index is 13.3. The van der Waals surface area contributed by atoms with Gasteiger partial charge >= 0.3 is 6.18 Å². The van der Waals surface area contributed by atoms with Gasteiger partial charge in [-0.3, -0.25) is 9.10 Å². The maximum atomic E-state index is 13.3. The Labute approximate surface area is 184 Å². The SMILES string of the molecule is Cc1cc(C)cc(N(CC(=O)Nc2cccc(C(F)(F)F)c2)S(=O)(=O)c2ccccc2)c1. The number of anilines is 2. The van der Waals surface area contributed by atoms with Crippen molar-refractivity contribution in [2.24, 2.45) is 0 Å². The molecule has 0 bridgehead atoms. The Bertz CT molecular complexity index is 1210. The fourth-order valence-electron chi connectivity index (χ4n) is 3.23. The van der Waals surface area contributed by atoms with Crippen LogP contribution in [0.4, 0.5) is 24.5 Å². The molecule has 0 aliphatic rings. The van der Waals surface area contributed by atoms with Crippen molar-refractivity contribution in [3.05, 3.63) is 89.5 Å². The van der Waals surface area contributed by atoms with Gasteiger partial charge in [0, 0.05) is 5.69 Å². The summed E-state index contributed by atoms with van der Waals surface area (Å²) in [5.41, 5.74) is 0.879. The molecular weight excluding hydrogens is 441 g/mol. The van der Waals surface area contributed by atoms with Gasteiger partial charge in [0.25, 0.3) is 10.0 Å². The second-order valence-electron chi connectivity index (χ2n) is 7.30. The number of halogens is 3. The molecule has 168 valence electrons. The molecule has 0 saturated heterocycles. The van der Waals surface area contributed by atoms with E-state index < -0.39 is 34.2 Å². The number of carbonyl (C=O) groups excluding carboxylic acids is 1. The molecule has 0 heterocycles. The number of nitrogens with one attached hydrogen (secondary N) is 1. The summed E-state index contributed by atoms with van der Waals surface area (Å²) in [6.45, 7) is 2.98. The summed E-state index contributed by atoms with van der Waals surface area (Å²) in [5.74, 6) is -0.775. The van der Waals surface area contributed by atoms with Gasteiger partial charge in [0.15, 0.2) is 0 Å². The number of sulfonamides is 1. The molecule has 9 heteroatoms. The molecule has 0 saturated carbocycles. The van der Waals surface area contributed by atoms with Crippen LogP contribution in [-0.4, -0.2) is 20.9 Å². The van der Waals surface area contributed by atoms with Crippen LogP contribution in [-0.2, 0) is 21.0 Å². The number of amides is 1. The highest BCUT2D eigenvalue weighted by atomic mass is 32.2. The number of alkyl halides is 3. The van der Waals surface area contributed by atoms with Gasteiger partial charge in [0.2, 0.25) is 5.91 Å². The fraction of sp³-hybridized carbons (Fsp3) is 0.174. The molecular formula is C23H21F3N2O3S. The molecule has 0 radical (unpaired) electrons. The number of carbonyl (C=O) groups is 1. The van der Waals surface area contributed by atoms with Crippen LogP contribution in [0.15, 0.2) is 77.7 Å². The van der Waals surface area contributed by atoms with Crippen molar-refractivity contribution in [1.29, 1.82) is 0 Å². The van der Waals surface area contributed by atoms with Crippen molar-refractivity contribution < 1.29 is 26.4 Å². The predicted octanol–water partition coefficient (Wildman–Crippen LogP) is 5.16. The highest BCUT2D eigenvalue weighted by Crippen LogP contribution is 2.31. The standard InChI is InChI=1S/C23H21F3N2O3S/c1-16-11-17(2)13-20(12-16)28(32(30,31)21-9-4-3-5-10-21)15-22(29)27-19-8-6-7-18(14-19)23(24,25)26/h3-14H,15H2,1-2H3,(H,27,29). The van der Waals surface area contributed by atoms with Crippen molar-refractivity contribution in [2.45, 2.75) is 24.9 Å². The molecule has 0 unspecified atom stereocenters. The average molecular weight is 462 g/mol. The minimum absolute atomic E-state index is 0.00831. The van der Waals surface area contributed by atoms with E-state index in [0.29, 0.717) is 0 Å². The zero-order valence-electron chi connectivity index (χ0n) is 17.3. The van der Waals surface area contributed by atoms with Crippen LogP contribution in [0, 0.1) is 13.8 Å². The van der Waals surface area contributed by atoms with Crippen LogP contribution in [0.2, 0.25) is 0 Å². The average Bonchev–Trinajstić information content (AvgIpc) is 2.71. The number of hydrogen-bond acceptors (Lipinski definition) is 3. The van der Waals surface area contributed by atoms with E-state index >= 15 is 0 Å². The van der Waals surface area contributed by atoms with Crippen molar-refractivity contribution in [1.82, 2.24) is 0 Å². The Morgan fingerprint density at radius 1 is 0.906 bits per heavy atom. The number of aryl methyl sites for hydroxylation is 2. The topological polar surface area (TPSA) is 66.5 Å². The van der Waals surface area contributed by atoms with Crippen LogP contribution in [0.1, 0.15) is 16.7 Å². The molecule has 0 fully saturated rings. The third-order valence-corrected chi connectivity index (χ3v) is 6.37. The van der Waals surface area contributed by atoms with Crippen LogP contribution >= 0.6 is 0 Å². The van der Waals surface area contributed by atoms with E-state index in [0.717, 1.165) is 27.6 Å². The number of hydrogen-bond donors (Lipinski definition) is 1. The van der Waals surface area contributed by atoms with E-state index in [1.807, 2.05) is 6.07 Å². The minimum atomic E-state index is -4.57. The first-order valence-corrected chi connectivity index (χ1v) is 11.0. The zero-order chi connectivity index (χ0) is 23.5. The van der Waals surface area contributed by atoms with E-state index in [4.69, 9.17) is 0 Å². The lowest BCUT2D eigenvalue weighted by Crippen LogP contribution is -2.38. The Morgan fingerprint density at radius 2 is 1.53 bits per heavy atom. The molecule has 32 heavy (non-hydrogen) atoms. The molecule has 0 atom stereocenters. The Kier molecular flexibility index (Phi) is 6.59. The largest absolute Gasteiger partial charge is 0.416 e. The van der Waals surface area contributed by atoms with E-state index in [-0.39, 0.29) is 16.3 Å². The highest BCUT2D eigenvalue weighted by Gasteiger charge is 2.31. The number of rotatable bonds is 6. The summed E-state index contributed by atoms with van der Waals surface area (Å²) in [7, 11) is -4.11. The van der Waals surface area contributed by atoms with Gasteiger partial charge < -0.3 is 5.32 Å². The van der Waals surface area contributed by atoms with Gasteiger partial charge in [0.05, 0.1) is 16.1 Å². The van der Waals surface area contributed by atoms with Crippen molar-refractivity contribution in [2.75, 3.05) is 16.2 Å². The smallest absolute Gasteiger partial charge is 0.325 e. The van der Waals surface area contributed by atoms with Gasteiger partial charge in [0.1, 0.15) is 6.54 Å². The summed E-state index contributed by atoms with van der Waals surface area (Å²) < 4.78 is 66.5. The lowest BCUT2D eigenvalue weighted by Gasteiger charge is -2.25. The molecule has 3 aromatic carbocycles. The van der Waals surface area contributed by atoms with E-state index in [1.54, 1.807) is 44.2 Å². The van der Waals surface area contributed by atoms with E-state index in [2.05, 4.69) is 5.32 Å². The van der Waals surface area contributed by atoms with Crippen LogP contribution < -0.4 is 9.62 Å². The number of benzene rings is 3. The molecule has 3 aromatic rings. The number of nitrogens with zero attached hydrogens (tertiary/aromatic N) is 1. The van der Waals surface area contributed by atoms with Crippen molar-refractivity contribution in [3.8, 4) is 0 Å². The lowest BCUT2D eigenvalue weighted by molar-refractivity contribution is -0.137. The Morgan fingerprint density at radius 3 is 2.12 bits per heavy atom. The van der Waals surface area contributed by atoms with Crippen LogP contribution in [0.5, 0.6) is 0 Å². The third-order valence-electron chi connectivity index (χ3n) is 4.59. The molecule has 0 aromatic heterocycles. The highest BCUT2D eigenvalue weighted by molar-refractivity contribution is 7.92. The Balaban J connectivity index is 1.95. The van der Waals surface area contributed by atoms with Crippen molar-refractivity contribution >= 4 is 27.3 Å². The molecule has 0 aliphatic carbocycles. The maximum Gasteiger partial charge on any atom is 0.416 e. The predicted molar refractivity (Wildman–Crippen MR) is 117 cm³/mol. The second kappa shape index (κ2) is 9.04. The lowest BCUT2D eigenvalue weighted by atomic mass is 10.1. The summed E-state index contributed by atoms with van der Waals surface area (Å²) in [6, 6.07) is 16.9. The summed E-state index contributed by atoms with van der Waals surface area (Å²) in [4.78, 5) is 12.7. The monoisotopic (exact) mass is 462 g/mol. The first-order chi connectivity index (χ1) is 15.0. The van der Waals surface area contributed by atoms with Crippen LogP contribution in [0.25, 0.3) is 0 Å². The van der Waals surface area contributed by atoms with Gasteiger partial charge in [-0.05, 0) is 67.4 Å². The first kappa shape index (κ1) is 23.3. The Hall–Kier alpha value is -3.33. The zero-order valence-corrected chi connectivity index (χ0v) is 18.2.